The first kappa shape index (κ1) is 9.52. The summed E-state index contributed by atoms with van der Waals surface area (Å²) in [5.74, 6) is 2.61. The second-order valence-electron chi connectivity index (χ2n) is 2.45. The maximum Gasteiger partial charge on any atom is 0.0431 e. The van der Waals surface area contributed by atoms with Gasteiger partial charge >= 0.3 is 0 Å². The van der Waals surface area contributed by atoms with Crippen LogP contribution in [0.2, 0.25) is 0 Å². The molecule has 10 heavy (non-hydrogen) atoms. The van der Waals surface area contributed by atoms with Gasteiger partial charge in [-0.2, -0.15) is 0 Å². The normalized spacial score (nSPS) is 9.20. The van der Waals surface area contributed by atoms with Crippen molar-refractivity contribution in [1.29, 1.82) is 0 Å². The number of hydrogen-bond donors (Lipinski definition) is 1. The lowest BCUT2D eigenvalue weighted by Gasteiger charge is -1.95. The Morgan fingerprint density at radius 3 is 2.20 bits per heavy atom. The van der Waals surface area contributed by atoms with E-state index in [0.29, 0.717) is 6.61 Å². The number of aliphatic hydroxyl groups is 1. The van der Waals surface area contributed by atoms with Gasteiger partial charge in [0, 0.05) is 13.0 Å². The molecule has 58 valence electrons. The molecule has 1 nitrogen and oxygen atoms in total. The van der Waals surface area contributed by atoms with Gasteiger partial charge in [-0.25, -0.2) is 0 Å². The van der Waals surface area contributed by atoms with Crippen LogP contribution < -0.4 is 0 Å². The van der Waals surface area contributed by atoms with Crippen LogP contribution in [0.25, 0.3) is 0 Å². The zero-order chi connectivity index (χ0) is 7.66. The number of terminal acetylenes is 1. The predicted molar refractivity (Wildman–Crippen MR) is 43.6 cm³/mol. The Morgan fingerprint density at radius 2 is 1.60 bits per heavy atom. The van der Waals surface area contributed by atoms with Crippen molar-refractivity contribution >= 4 is 0 Å². The summed E-state index contributed by atoms with van der Waals surface area (Å²) in [6.07, 6.45) is 11.6. The third-order valence-electron chi connectivity index (χ3n) is 1.48. The predicted octanol–water partition coefficient (Wildman–Crippen LogP) is 1.95. The largest absolute Gasteiger partial charge is 0.396 e. The van der Waals surface area contributed by atoms with Gasteiger partial charge in [-0.05, 0) is 12.8 Å². The van der Waals surface area contributed by atoms with Gasteiger partial charge in [0.25, 0.3) is 0 Å². The molecule has 0 saturated carbocycles. The van der Waals surface area contributed by atoms with Crippen LogP contribution in [0.4, 0.5) is 0 Å². The molecule has 0 heterocycles. The fourth-order valence-corrected chi connectivity index (χ4v) is 0.869. The minimum absolute atomic E-state index is 0.329. The second-order valence-corrected chi connectivity index (χ2v) is 2.45. The zero-order valence-corrected chi connectivity index (χ0v) is 6.47. The summed E-state index contributed by atoms with van der Waals surface area (Å²) in [6, 6.07) is 0. The van der Waals surface area contributed by atoms with E-state index in [-0.39, 0.29) is 0 Å². The molecule has 0 aliphatic rings. The summed E-state index contributed by atoms with van der Waals surface area (Å²) in [5, 5.41) is 8.44. The number of aliphatic hydroxyl groups excluding tert-OH is 1. The lowest BCUT2D eigenvalue weighted by molar-refractivity contribution is 0.282. The standard InChI is InChI=1S/C9H16O/c1-2-3-4-5-6-7-8-9-10/h1,10H,3-9H2. The van der Waals surface area contributed by atoms with Crippen molar-refractivity contribution in [3.05, 3.63) is 0 Å². The Balaban J connectivity index is 2.72. The highest BCUT2D eigenvalue weighted by Crippen LogP contribution is 2.03. The molecule has 0 radical (unpaired) electrons. The fraction of sp³-hybridized carbons (Fsp3) is 0.778. The number of hydrogen-bond acceptors (Lipinski definition) is 1. The van der Waals surface area contributed by atoms with Crippen molar-refractivity contribution in [3.8, 4) is 12.3 Å². The van der Waals surface area contributed by atoms with Crippen LogP contribution >= 0.6 is 0 Å². The Labute approximate surface area is 63.5 Å². The summed E-state index contributed by atoms with van der Waals surface area (Å²) in [5.41, 5.74) is 0. The number of rotatable bonds is 6. The van der Waals surface area contributed by atoms with E-state index in [4.69, 9.17) is 11.5 Å². The topological polar surface area (TPSA) is 20.2 Å². The second kappa shape index (κ2) is 8.52. The molecular formula is C9H16O. The van der Waals surface area contributed by atoms with Gasteiger partial charge in [0.15, 0.2) is 0 Å². The van der Waals surface area contributed by atoms with E-state index in [1.54, 1.807) is 0 Å². The van der Waals surface area contributed by atoms with Crippen LogP contribution in [0, 0.1) is 12.3 Å². The highest BCUT2D eigenvalue weighted by atomic mass is 16.2. The average molecular weight is 140 g/mol. The monoisotopic (exact) mass is 140 g/mol. The lowest BCUT2D eigenvalue weighted by Crippen LogP contribution is -1.82. The first-order valence-electron chi connectivity index (χ1n) is 3.96. The molecule has 0 rings (SSSR count). The highest BCUT2D eigenvalue weighted by Gasteiger charge is 1.87. The molecule has 0 aromatic heterocycles. The fourth-order valence-electron chi connectivity index (χ4n) is 0.869. The van der Waals surface area contributed by atoms with E-state index in [0.717, 1.165) is 25.7 Å². The summed E-state index contributed by atoms with van der Waals surface area (Å²) in [7, 11) is 0. The number of unbranched alkanes of at least 4 members (excludes halogenated alkanes) is 5. The molecule has 0 aliphatic heterocycles. The van der Waals surface area contributed by atoms with Crippen LogP contribution in [0.1, 0.15) is 38.5 Å². The molecule has 0 aliphatic carbocycles. The Morgan fingerprint density at radius 1 is 1.00 bits per heavy atom. The maximum absolute atomic E-state index is 8.44. The average Bonchev–Trinajstić information content (AvgIpc) is 1.97. The van der Waals surface area contributed by atoms with Crippen LogP contribution in [0.3, 0.4) is 0 Å². The summed E-state index contributed by atoms with van der Waals surface area (Å²) < 4.78 is 0. The van der Waals surface area contributed by atoms with Crippen molar-refractivity contribution in [1.82, 2.24) is 0 Å². The van der Waals surface area contributed by atoms with E-state index >= 15 is 0 Å². The Hall–Kier alpha value is -0.480. The molecule has 0 amide bonds. The van der Waals surface area contributed by atoms with Gasteiger partial charge in [-0.3, -0.25) is 0 Å². The molecule has 0 fully saturated rings. The summed E-state index contributed by atoms with van der Waals surface area (Å²) >= 11 is 0. The molecule has 1 N–H and O–H groups in total. The van der Waals surface area contributed by atoms with Gasteiger partial charge in [-0.15, -0.1) is 12.3 Å². The summed E-state index contributed by atoms with van der Waals surface area (Å²) in [4.78, 5) is 0. The third-order valence-corrected chi connectivity index (χ3v) is 1.48. The molecule has 0 saturated heterocycles. The lowest BCUT2D eigenvalue weighted by atomic mass is 10.1. The maximum atomic E-state index is 8.44. The quantitative estimate of drug-likeness (QED) is 0.441. The third kappa shape index (κ3) is 7.52. The van der Waals surface area contributed by atoms with E-state index < -0.39 is 0 Å². The van der Waals surface area contributed by atoms with Crippen molar-refractivity contribution in [2.75, 3.05) is 6.61 Å². The van der Waals surface area contributed by atoms with Crippen molar-refractivity contribution < 1.29 is 5.11 Å². The van der Waals surface area contributed by atoms with Crippen LogP contribution in [-0.2, 0) is 0 Å². The molecule has 0 aromatic carbocycles. The molecule has 0 bridgehead atoms. The van der Waals surface area contributed by atoms with E-state index in [2.05, 4.69) is 5.92 Å². The minimum atomic E-state index is 0.329. The molecule has 0 spiro atoms. The Kier molecular flexibility index (Phi) is 8.11. The van der Waals surface area contributed by atoms with Crippen molar-refractivity contribution in [2.45, 2.75) is 38.5 Å². The van der Waals surface area contributed by atoms with Gasteiger partial charge in [-0.1, -0.05) is 19.3 Å². The molecule has 0 atom stereocenters. The molecule has 0 aromatic rings. The van der Waals surface area contributed by atoms with E-state index in [1.807, 2.05) is 0 Å². The highest BCUT2D eigenvalue weighted by molar-refractivity contribution is 4.82. The molecular weight excluding hydrogens is 124 g/mol. The van der Waals surface area contributed by atoms with E-state index in [1.165, 1.54) is 12.8 Å². The Bertz CT molecular complexity index is 91.4. The first-order valence-corrected chi connectivity index (χ1v) is 3.96. The first-order chi connectivity index (χ1) is 4.91. The van der Waals surface area contributed by atoms with Gasteiger partial charge < -0.3 is 5.11 Å². The van der Waals surface area contributed by atoms with Crippen LogP contribution in [-0.4, -0.2) is 11.7 Å². The van der Waals surface area contributed by atoms with Crippen molar-refractivity contribution in [3.63, 3.8) is 0 Å². The molecule has 1 heteroatoms. The smallest absolute Gasteiger partial charge is 0.0431 e. The van der Waals surface area contributed by atoms with Gasteiger partial charge in [0.05, 0.1) is 0 Å². The molecule has 0 unspecified atom stereocenters. The van der Waals surface area contributed by atoms with Crippen molar-refractivity contribution in [2.24, 2.45) is 0 Å². The summed E-state index contributed by atoms with van der Waals surface area (Å²) in [6.45, 7) is 0.329. The van der Waals surface area contributed by atoms with Gasteiger partial charge in [0.2, 0.25) is 0 Å². The van der Waals surface area contributed by atoms with Crippen LogP contribution in [0.15, 0.2) is 0 Å². The van der Waals surface area contributed by atoms with E-state index in [9.17, 15) is 0 Å². The minimum Gasteiger partial charge on any atom is -0.396 e. The van der Waals surface area contributed by atoms with Crippen LogP contribution in [0.5, 0.6) is 0 Å². The van der Waals surface area contributed by atoms with Gasteiger partial charge in [0.1, 0.15) is 0 Å². The zero-order valence-electron chi connectivity index (χ0n) is 6.47. The SMILES string of the molecule is C#CCCCCCCCO.